The average Bonchev–Trinajstić information content (AvgIpc) is 2.46. The standard InChI is InChI=1S/C17H19NO/c1-13(17(19)15-7-5-4-6-8-15)14-9-11-16(12-10-14)18(2)3/h4-12,17,19H,1H2,2-3H3. The molecule has 0 bridgehead atoms. The van der Waals surface area contributed by atoms with Gasteiger partial charge in [-0.3, -0.25) is 0 Å². The zero-order valence-electron chi connectivity index (χ0n) is 11.4. The van der Waals surface area contributed by atoms with Crippen LogP contribution in [0, 0.1) is 0 Å². The third-order valence-corrected chi connectivity index (χ3v) is 3.20. The molecule has 2 heteroatoms. The van der Waals surface area contributed by atoms with E-state index in [1.165, 1.54) is 0 Å². The van der Waals surface area contributed by atoms with Gasteiger partial charge in [-0.25, -0.2) is 0 Å². The fourth-order valence-electron chi connectivity index (χ4n) is 1.97. The van der Waals surface area contributed by atoms with E-state index in [-0.39, 0.29) is 0 Å². The second kappa shape index (κ2) is 5.72. The molecule has 0 saturated carbocycles. The second-order valence-electron chi connectivity index (χ2n) is 4.78. The van der Waals surface area contributed by atoms with E-state index < -0.39 is 6.10 Å². The highest BCUT2D eigenvalue weighted by Gasteiger charge is 2.12. The minimum atomic E-state index is -0.661. The topological polar surface area (TPSA) is 23.5 Å². The predicted octanol–water partition coefficient (Wildman–Crippen LogP) is 3.50. The summed E-state index contributed by atoms with van der Waals surface area (Å²) >= 11 is 0. The molecule has 0 aromatic heterocycles. The van der Waals surface area contributed by atoms with Crippen molar-refractivity contribution in [3.05, 3.63) is 72.3 Å². The van der Waals surface area contributed by atoms with Crippen LogP contribution in [0.2, 0.25) is 0 Å². The molecule has 0 amide bonds. The summed E-state index contributed by atoms with van der Waals surface area (Å²) in [5.41, 5.74) is 3.67. The normalized spacial score (nSPS) is 11.9. The second-order valence-corrected chi connectivity index (χ2v) is 4.78. The van der Waals surface area contributed by atoms with E-state index in [9.17, 15) is 5.11 Å². The fraction of sp³-hybridized carbons (Fsp3) is 0.176. The van der Waals surface area contributed by atoms with Crippen LogP contribution >= 0.6 is 0 Å². The highest BCUT2D eigenvalue weighted by molar-refractivity contribution is 5.69. The Bertz CT molecular complexity index is 543. The summed E-state index contributed by atoms with van der Waals surface area (Å²) in [5.74, 6) is 0. The molecule has 2 nitrogen and oxygen atoms in total. The molecule has 1 N–H and O–H groups in total. The molecule has 0 aliphatic carbocycles. The number of hydrogen-bond acceptors (Lipinski definition) is 2. The van der Waals surface area contributed by atoms with Crippen LogP contribution in [0.25, 0.3) is 5.57 Å². The van der Waals surface area contributed by atoms with Gasteiger partial charge in [0.25, 0.3) is 0 Å². The maximum absolute atomic E-state index is 10.3. The number of rotatable bonds is 4. The van der Waals surface area contributed by atoms with E-state index in [4.69, 9.17) is 0 Å². The Morgan fingerprint density at radius 3 is 2.11 bits per heavy atom. The van der Waals surface area contributed by atoms with Crippen LogP contribution in [-0.2, 0) is 0 Å². The van der Waals surface area contributed by atoms with E-state index >= 15 is 0 Å². The van der Waals surface area contributed by atoms with Gasteiger partial charge in [0.15, 0.2) is 0 Å². The molecule has 0 aliphatic heterocycles. The smallest absolute Gasteiger partial charge is 0.104 e. The Morgan fingerprint density at radius 2 is 1.58 bits per heavy atom. The van der Waals surface area contributed by atoms with Gasteiger partial charge in [-0.05, 0) is 28.8 Å². The van der Waals surface area contributed by atoms with Gasteiger partial charge in [-0.1, -0.05) is 49.0 Å². The van der Waals surface area contributed by atoms with Gasteiger partial charge in [-0.15, -0.1) is 0 Å². The fourth-order valence-corrected chi connectivity index (χ4v) is 1.97. The number of hydrogen-bond donors (Lipinski definition) is 1. The summed E-state index contributed by atoms with van der Waals surface area (Å²) in [4.78, 5) is 2.04. The Kier molecular flexibility index (Phi) is 4.03. The van der Waals surface area contributed by atoms with E-state index in [1.807, 2.05) is 73.6 Å². The monoisotopic (exact) mass is 253 g/mol. The maximum Gasteiger partial charge on any atom is 0.104 e. The van der Waals surface area contributed by atoms with Crippen molar-refractivity contribution >= 4 is 11.3 Å². The lowest BCUT2D eigenvalue weighted by atomic mass is 9.96. The lowest BCUT2D eigenvalue weighted by Gasteiger charge is -2.16. The zero-order chi connectivity index (χ0) is 13.8. The Balaban J connectivity index is 2.20. The number of aliphatic hydroxyl groups is 1. The molecule has 0 fully saturated rings. The van der Waals surface area contributed by atoms with Gasteiger partial charge in [0.1, 0.15) is 6.10 Å². The summed E-state index contributed by atoms with van der Waals surface area (Å²) in [6.45, 7) is 4.01. The highest BCUT2D eigenvalue weighted by Crippen LogP contribution is 2.29. The highest BCUT2D eigenvalue weighted by atomic mass is 16.3. The molecule has 1 unspecified atom stereocenters. The van der Waals surface area contributed by atoms with Crippen molar-refractivity contribution in [3.63, 3.8) is 0 Å². The van der Waals surface area contributed by atoms with Crippen LogP contribution in [0.5, 0.6) is 0 Å². The van der Waals surface area contributed by atoms with Crippen molar-refractivity contribution in [2.24, 2.45) is 0 Å². The van der Waals surface area contributed by atoms with Gasteiger partial charge in [0, 0.05) is 19.8 Å². The molecular weight excluding hydrogens is 234 g/mol. The molecule has 0 aliphatic rings. The minimum Gasteiger partial charge on any atom is -0.384 e. The zero-order valence-corrected chi connectivity index (χ0v) is 11.4. The van der Waals surface area contributed by atoms with Gasteiger partial charge < -0.3 is 10.0 Å². The van der Waals surface area contributed by atoms with Crippen LogP contribution in [0.1, 0.15) is 17.2 Å². The van der Waals surface area contributed by atoms with Crippen LogP contribution in [0.3, 0.4) is 0 Å². The summed E-state index contributed by atoms with van der Waals surface area (Å²) in [6, 6.07) is 17.6. The van der Waals surface area contributed by atoms with E-state index in [0.29, 0.717) is 0 Å². The lowest BCUT2D eigenvalue weighted by Crippen LogP contribution is -2.08. The summed E-state index contributed by atoms with van der Waals surface area (Å²) in [7, 11) is 4.01. The predicted molar refractivity (Wildman–Crippen MR) is 81.2 cm³/mol. The van der Waals surface area contributed by atoms with Crippen LogP contribution < -0.4 is 4.90 Å². The minimum absolute atomic E-state index is 0.661. The Hall–Kier alpha value is -2.06. The molecule has 1 atom stereocenters. The molecule has 0 radical (unpaired) electrons. The first kappa shape index (κ1) is 13.4. The van der Waals surface area contributed by atoms with Crippen LogP contribution in [0.4, 0.5) is 5.69 Å². The molecule has 98 valence electrons. The van der Waals surface area contributed by atoms with E-state index in [1.54, 1.807) is 0 Å². The van der Waals surface area contributed by atoms with E-state index in [0.717, 1.165) is 22.4 Å². The SMILES string of the molecule is C=C(c1ccc(N(C)C)cc1)C(O)c1ccccc1. The molecule has 2 aromatic rings. The third-order valence-electron chi connectivity index (χ3n) is 3.20. The van der Waals surface area contributed by atoms with Crippen molar-refractivity contribution < 1.29 is 5.11 Å². The van der Waals surface area contributed by atoms with Gasteiger partial charge in [0.2, 0.25) is 0 Å². The molecule has 0 saturated heterocycles. The van der Waals surface area contributed by atoms with Crippen molar-refractivity contribution in [2.75, 3.05) is 19.0 Å². The number of anilines is 1. The third kappa shape index (κ3) is 3.04. The number of aliphatic hydroxyl groups excluding tert-OH is 1. The maximum atomic E-state index is 10.3. The van der Waals surface area contributed by atoms with Gasteiger partial charge in [0.05, 0.1) is 0 Å². The van der Waals surface area contributed by atoms with E-state index in [2.05, 4.69) is 6.58 Å². The lowest BCUT2D eigenvalue weighted by molar-refractivity contribution is 0.238. The van der Waals surface area contributed by atoms with Crippen LogP contribution in [0.15, 0.2) is 61.2 Å². The number of benzene rings is 2. The van der Waals surface area contributed by atoms with Crippen molar-refractivity contribution in [3.8, 4) is 0 Å². The van der Waals surface area contributed by atoms with Crippen LogP contribution in [-0.4, -0.2) is 19.2 Å². The van der Waals surface area contributed by atoms with Crippen molar-refractivity contribution in [1.29, 1.82) is 0 Å². The first-order chi connectivity index (χ1) is 9.09. The molecule has 2 aromatic carbocycles. The first-order valence-electron chi connectivity index (χ1n) is 6.29. The first-order valence-corrected chi connectivity index (χ1v) is 6.29. The number of nitrogens with zero attached hydrogens (tertiary/aromatic N) is 1. The van der Waals surface area contributed by atoms with Crippen molar-refractivity contribution in [2.45, 2.75) is 6.10 Å². The van der Waals surface area contributed by atoms with Gasteiger partial charge in [-0.2, -0.15) is 0 Å². The molecule has 0 heterocycles. The summed E-state index contributed by atoms with van der Waals surface area (Å²) in [5, 5.41) is 10.3. The molecule has 2 rings (SSSR count). The average molecular weight is 253 g/mol. The summed E-state index contributed by atoms with van der Waals surface area (Å²) < 4.78 is 0. The van der Waals surface area contributed by atoms with Gasteiger partial charge >= 0.3 is 0 Å². The largest absolute Gasteiger partial charge is 0.384 e. The molecule has 0 spiro atoms. The molecule has 19 heavy (non-hydrogen) atoms. The van der Waals surface area contributed by atoms with Crippen molar-refractivity contribution in [1.82, 2.24) is 0 Å². The summed E-state index contributed by atoms with van der Waals surface area (Å²) in [6.07, 6.45) is -0.661. The Morgan fingerprint density at radius 1 is 1.00 bits per heavy atom. The quantitative estimate of drug-likeness (QED) is 0.901. The molecular formula is C17H19NO. The Labute approximate surface area is 114 Å².